The van der Waals surface area contributed by atoms with Crippen molar-refractivity contribution in [2.45, 2.75) is 0 Å². The molecule has 0 spiro atoms. The van der Waals surface area contributed by atoms with Crippen LogP contribution in [0.25, 0.3) is 11.1 Å². The summed E-state index contributed by atoms with van der Waals surface area (Å²) in [5.74, 6) is -10.3. The third-order valence-electron chi connectivity index (χ3n) is 3.84. The minimum atomic E-state index is -1.65. The number of carbonyl (C=O) groups excluding carboxylic acids is 1. The summed E-state index contributed by atoms with van der Waals surface area (Å²) in [6.07, 6.45) is 0. The average molecular weight is 407 g/mol. The number of esters is 1. The van der Waals surface area contributed by atoms with E-state index in [0.29, 0.717) is 24.3 Å². The lowest BCUT2D eigenvalue weighted by Crippen LogP contribution is -2.14. The molecule has 3 rings (SSSR count). The standard InChI is InChI=1S/C20H7F6NO2/c21-12-2-1-3-13(22)18(12)9-4-16(25)19(17(26)5-9)20(28)29-10-6-14(23)11(8-27)15(24)7-10/h1-7H. The van der Waals surface area contributed by atoms with E-state index in [1.54, 1.807) is 0 Å². The first-order valence-corrected chi connectivity index (χ1v) is 7.77. The highest BCUT2D eigenvalue weighted by molar-refractivity contribution is 5.92. The number of benzene rings is 3. The van der Waals surface area contributed by atoms with Crippen LogP contribution in [-0.4, -0.2) is 5.97 Å². The predicted octanol–water partition coefficient (Wildman–Crippen LogP) is 5.28. The molecule has 9 heteroatoms. The molecule has 0 aliphatic heterocycles. The maximum Gasteiger partial charge on any atom is 0.349 e. The Bertz CT molecular complexity index is 1120. The van der Waals surface area contributed by atoms with Gasteiger partial charge in [-0.05, 0) is 29.8 Å². The minimum Gasteiger partial charge on any atom is -0.423 e. The molecule has 0 aliphatic rings. The zero-order valence-corrected chi connectivity index (χ0v) is 14.1. The zero-order valence-electron chi connectivity index (χ0n) is 14.1. The first-order chi connectivity index (χ1) is 13.7. The van der Waals surface area contributed by atoms with E-state index in [4.69, 9.17) is 5.26 Å². The quantitative estimate of drug-likeness (QED) is 0.337. The van der Waals surface area contributed by atoms with Crippen LogP contribution in [0.3, 0.4) is 0 Å². The van der Waals surface area contributed by atoms with E-state index in [0.717, 1.165) is 18.2 Å². The Morgan fingerprint density at radius 3 is 1.79 bits per heavy atom. The largest absolute Gasteiger partial charge is 0.423 e. The number of carbonyl (C=O) groups is 1. The van der Waals surface area contributed by atoms with Crippen LogP contribution in [0.4, 0.5) is 26.3 Å². The summed E-state index contributed by atoms with van der Waals surface area (Å²) in [6.45, 7) is 0. The lowest BCUT2D eigenvalue weighted by molar-refractivity contribution is 0.0724. The highest BCUT2D eigenvalue weighted by Gasteiger charge is 2.24. The molecule has 0 atom stereocenters. The number of nitrogens with zero attached hydrogens (tertiary/aromatic N) is 1. The molecule has 0 heterocycles. The number of hydrogen-bond acceptors (Lipinski definition) is 3. The third kappa shape index (κ3) is 3.78. The number of hydrogen-bond donors (Lipinski definition) is 0. The number of halogens is 6. The molecule has 0 unspecified atom stereocenters. The summed E-state index contributed by atoms with van der Waals surface area (Å²) in [6, 6.07) is 6.07. The van der Waals surface area contributed by atoms with Crippen molar-refractivity contribution in [2.24, 2.45) is 0 Å². The fourth-order valence-corrected chi connectivity index (χ4v) is 2.56. The van der Waals surface area contributed by atoms with E-state index in [2.05, 4.69) is 4.74 Å². The second-order valence-corrected chi connectivity index (χ2v) is 5.67. The van der Waals surface area contributed by atoms with Crippen molar-refractivity contribution < 1.29 is 35.9 Å². The molecular weight excluding hydrogens is 400 g/mol. The van der Waals surface area contributed by atoms with Gasteiger partial charge in [-0.1, -0.05) is 6.07 Å². The molecule has 0 radical (unpaired) electrons. The second kappa shape index (κ2) is 7.67. The van der Waals surface area contributed by atoms with E-state index < -0.39 is 68.9 Å². The molecule has 0 fully saturated rings. The second-order valence-electron chi connectivity index (χ2n) is 5.67. The van der Waals surface area contributed by atoms with Gasteiger partial charge in [-0.15, -0.1) is 0 Å². The van der Waals surface area contributed by atoms with E-state index in [1.807, 2.05) is 0 Å². The molecule has 0 saturated heterocycles. The predicted molar refractivity (Wildman–Crippen MR) is 87.7 cm³/mol. The van der Waals surface area contributed by atoms with E-state index in [9.17, 15) is 31.1 Å². The molecule has 0 amide bonds. The average Bonchev–Trinajstić information content (AvgIpc) is 2.60. The van der Waals surface area contributed by atoms with E-state index in [-0.39, 0.29) is 0 Å². The SMILES string of the molecule is N#Cc1c(F)cc(OC(=O)c2c(F)cc(-c3c(F)cccc3F)cc2F)cc1F. The maximum absolute atomic E-state index is 14.3. The van der Waals surface area contributed by atoms with Gasteiger partial charge in [0.05, 0.1) is 5.56 Å². The lowest BCUT2D eigenvalue weighted by Gasteiger charge is -2.10. The van der Waals surface area contributed by atoms with Crippen molar-refractivity contribution in [1.29, 1.82) is 5.26 Å². The van der Waals surface area contributed by atoms with E-state index in [1.165, 1.54) is 6.07 Å². The van der Waals surface area contributed by atoms with Gasteiger partial charge < -0.3 is 4.74 Å². The third-order valence-corrected chi connectivity index (χ3v) is 3.84. The zero-order chi connectivity index (χ0) is 21.3. The lowest BCUT2D eigenvalue weighted by atomic mass is 10.0. The van der Waals surface area contributed by atoms with Gasteiger partial charge in [-0.3, -0.25) is 0 Å². The summed E-state index contributed by atoms with van der Waals surface area (Å²) >= 11 is 0. The van der Waals surface area contributed by atoms with Crippen LogP contribution in [0.5, 0.6) is 5.75 Å². The van der Waals surface area contributed by atoms with Crippen LogP contribution in [-0.2, 0) is 0 Å². The molecule has 29 heavy (non-hydrogen) atoms. The van der Waals surface area contributed by atoms with Gasteiger partial charge in [-0.25, -0.2) is 31.1 Å². The van der Waals surface area contributed by atoms with Crippen molar-refractivity contribution in [3.63, 3.8) is 0 Å². The molecule has 146 valence electrons. The highest BCUT2D eigenvalue weighted by Crippen LogP contribution is 2.30. The number of nitriles is 1. The van der Waals surface area contributed by atoms with Crippen molar-refractivity contribution >= 4 is 5.97 Å². The molecule has 0 bridgehead atoms. The van der Waals surface area contributed by atoms with Gasteiger partial charge >= 0.3 is 5.97 Å². The summed E-state index contributed by atoms with van der Waals surface area (Å²) in [7, 11) is 0. The van der Waals surface area contributed by atoms with Crippen LogP contribution in [0.2, 0.25) is 0 Å². The van der Waals surface area contributed by atoms with E-state index >= 15 is 0 Å². The summed E-state index contributed by atoms with van der Waals surface area (Å²) < 4.78 is 87.9. The first kappa shape index (κ1) is 19.9. The fourth-order valence-electron chi connectivity index (χ4n) is 2.56. The van der Waals surface area contributed by atoms with Gasteiger partial charge in [-0.2, -0.15) is 5.26 Å². The monoisotopic (exact) mass is 407 g/mol. The van der Waals surface area contributed by atoms with Crippen molar-refractivity contribution in [1.82, 2.24) is 0 Å². The van der Waals surface area contributed by atoms with Crippen molar-refractivity contribution in [2.75, 3.05) is 0 Å². The van der Waals surface area contributed by atoms with Gasteiger partial charge in [0.25, 0.3) is 0 Å². The Morgan fingerprint density at radius 2 is 1.31 bits per heavy atom. The molecule has 3 aromatic rings. The van der Waals surface area contributed by atoms with Gasteiger partial charge in [0.2, 0.25) is 0 Å². The first-order valence-electron chi connectivity index (χ1n) is 7.77. The molecule has 0 aliphatic carbocycles. The molecule has 3 aromatic carbocycles. The van der Waals surface area contributed by atoms with Crippen LogP contribution >= 0.6 is 0 Å². The Morgan fingerprint density at radius 1 is 0.793 bits per heavy atom. The van der Waals surface area contributed by atoms with Gasteiger partial charge in [0.15, 0.2) is 0 Å². The Balaban J connectivity index is 1.98. The number of ether oxygens (including phenoxy) is 1. The molecule has 3 nitrogen and oxygen atoms in total. The van der Waals surface area contributed by atoms with Crippen LogP contribution in [0, 0.1) is 46.2 Å². The topological polar surface area (TPSA) is 50.1 Å². The van der Waals surface area contributed by atoms with Crippen molar-refractivity contribution in [3.8, 4) is 22.9 Å². The Kier molecular flexibility index (Phi) is 5.28. The Hall–Kier alpha value is -3.80. The molecular formula is C20H7F6NO2. The molecule has 0 saturated carbocycles. The maximum atomic E-state index is 14.3. The van der Waals surface area contributed by atoms with Gasteiger partial charge in [0, 0.05) is 12.1 Å². The Labute approximate surface area is 159 Å². The van der Waals surface area contributed by atoms with Gasteiger partial charge in [0.1, 0.15) is 57.8 Å². The van der Waals surface area contributed by atoms with Crippen molar-refractivity contribution in [3.05, 3.63) is 88.5 Å². The van der Waals surface area contributed by atoms with Crippen LogP contribution in [0.1, 0.15) is 15.9 Å². The summed E-state index contributed by atoms with van der Waals surface area (Å²) in [5, 5.41) is 8.59. The van der Waals surface area contributed by atoms with Crippen LogP contribution in [0.15, 0.2) is 42.5 Å². The highest BCUT2D eigenvalue weighted by atomic mass is 19.2. The smallest absolute Gasteiger partial charge is 0.349 e. The summed E-state index contributed by atoms with van der Waals surface area (Å²) in [5.41, 5.74) is -3.39. The van der Waals surface area contributed by atoms with Crippen LogP contribution < -0.4 is 4.74 Å². The fraction of sp³-hybridized carbons (Fsp3) is 0. The molecule has 0 N–H and O–H groups in total. The normalized spacial score (nSPS) is 10.5. The number of rotatable bonds is 3. The minimum absolute atomic E-state index is 0.485. The summed E-state index contributed by atoms with van der Waals surface area (Å²) in [4.78, 5) is 12.1. The molecule has 0 aromatic heterocycles.